The summed E-state index contributed by atoms with van der Waals surface area (Å²) in [7, 11) is 0. The Bertz CT molecular complexity index is 1340. The molecule has 2 aromatic heterocycles. The zero-order valence-electron chi connectivity index (χ0n) is 18.0. The fourth-order valence-corrected chi connectivity index (χ4v) is 5.78. The number of para-hydroxylation sites is 1. The molecule has 1 N–H and O–H groups in total. The number of hydrogen-bond donors (Lipinski definition) is 1. The lowest BCUT2D eigenvalue weighted by Gasteiger charge is -2.17. The van der Waals surface area contributed by atoms with Crippen molar-refractivity contribution in [1.82, 2.24) is 9.55 Å². The van der Waals surface area contributed by atoms with E-state index in [0.29, 0.717) is 11.3 Å². The minimum atomic E-state index is -0.230. The number of carbonyl (C=O) groups excluding carboxylic acids is 1. The van der Waals surface area contributed by atoms with Crippen LogP contribution in [0.1, 0.15) is 34.9 Å². The van der Waals surface area contributed by atoms with E-state index in [9.17, 15) is 9.59 Å². The number of hydrogen-bond acceptors (Lipinski definition) is 4. The molecule has 6 heteroatoms. The molecule has 0 saturated heterocycles. The smallest absolute Gasteiger partial charge is 0.262 e. The maximum atomic E-state index is 13.2. The molecule has 1 amide bonds. The first-order chi connectivity index (χ1) is 15.6. The Kier molecular flexibility index (Phi) is 5.62. The fourth-order valence-electron chi connectivity index (χ4n) is 4.44. The third kappa shape index (κ3) is 4.10. The minimum absolute atomic E-state index is 0.0531. The molecule has 0 bridgehead atoms. The molecule has 0 spiro atoms. The summed E-state index contributed by atoms with van der Waals surface area (Å²) in [5.41, 5.74) is 4.01. The van der Waals surface area contributed by atoms with E-state index in [-0.39, 0.29) is 18.0 Å². The summed E-state index contributed by atoms with van der Waals surface area (Å²) in [6, 6.07) is 17.9. The highest BCUT2D eigenvalue weighted by Crippen LogP contribution is 2.35. The van der Waals surface area contributed by atoms with E-state index in [2.05, 4.69) is 29.4 Å². The third-order valence-electron chi connectivity index (χ3n) is 6.13. The van der Waals surface area contributed by atoms with Gasteiger partial charge in [-0.05, 0) is 54.4 Å². The van der Waals surface area contributed by atoms with Gasteiger partial charge in [-0.25, -0.2) is 4.98 Å². The standard InChI is InChI=1S/C26H25N3O2S/c1-17-11-12-20-22(13-17)32-25-24(20)26(31)29(16-27-25)15-23(30)28-21-10-6-5-9-19(21)14-18-7-3-2-4-8-18/h2-10,16-17H,11-15H2,1H3,(H,28,30). The first kappa shape index (κ1) is 20.6. The molecule has 32 heavy (non-hydrogen) atoms. The van der Waals surface area contributed by atoms with E-state index in [1.165, 1.54) is 21.3 Å². The quantitative estimate of drug-likeness (QED) is 0.481. The van der Waals surface area contributed by atoms with Gasteiger partial charge >= 0.3 is 0 Å². The lowest BCUT2D eigenvalue weighted by atomic mass is 9.89. The van der Waals surface area contributed by atoms with Crippen molar-refractivity contribution in [3.63, 3.8) is 0 Å². The van der Waals surface area contributed by atoms with Crippen LogP contribution in [0.15, 0.2) is 65.7 Å². The molecule has 0 saturated carbocycles. The number of rotatable bonds is 5. The summed E-state index contributed by atoms with van der Waals surface area (Å²) in [5.74, 6) is 0.408. The monoisotopic (exact) mass is 443 g/mol. The van der Waals surface area contributed by atoms with Gasteiger partial charge < -0.3 is 5.32 Å². The largest absolute Gasteiger partial charge is 0.324 e. The zero-order chi connectivity index (χ0) is 22.1. The van der Waals surface area contributed by atoms with Crippen molar-refractivity contribution in [2.45, 2.75) is 39.2 Å². The van der Waals surface area contributed by atoms with Gasteiger partial charge in [-0.15, -0.1) is 11.3 Å². The van der Waals surface area contributed by atoms with Crippen molar-refractivity contribution in [3.8, 4) is 0 Å². The second-order valence-electron chi connectivity index (χ2n) is 8.58. The molecule has 5 nitrogen and oxygen atoms in total. The lowest BCUT2D eigenvalue weighted by Crippen LogP contribution is -2.28. The second kappa shape index (κ2) is 8.71. The van der Waals surface area contributed by atoms with Crippen LogP contribution in [0.3, 0.4) is 0 Å². The van der Waals surface area contributed by atoms with Crippen LogP contribution in [0, 0.1) is 5.92 Å². The van der Waals surface area contributed by atoms with Gasteiger partial charge in [0.15, 0.2) is 0 Å². The molecule has 2 aromatic carbocycles. The molecule has 162 valence electrons. The zero-order valence-corrected chi connectivity index (χ0v) is 18.8. The van der Waals surface area contributed by atoms with E-state index < -0.39 is 0 Å². The van der Waals surface area contributed by atoms with Gasteiger partial charge in [0.05, 0.1) is 11.7 Å². The van der Waals surface area contributed by atoms with Crippen LogP contribution >= 0.6 is 11.3 Å². The van der Waals surface area contributed by atoms with Crippen molar-refractivity contribution in [2.24, 2.45) is 5.92 Å². The number of carbonyl (C=O) groups is 1. The summed E-state index contributed by atoms with van der Waals surface area (Å²) in [6.07, 6.45) is 5.24. The Hall–Kier alpha value is -3.25. The first-order valence-corrected chi connectivity index (χ1v) is 11.8. The number of thiophene rings is 1. The number of anilines is 1. The molecule has 1 unspecified atom stereocenters. The van der Waals surface area contributed by atoms with Crippen molar-refractivity contribution in [2.75, 3.05) is 5.32 Å². The number of aryl methyl sites for hydroxylation is 1. The third-order valence-corrected chi connectivity index (χ3v) is 7.29. The summed E-state index contributed by atoms with van der Waals surface area (Å²) >= 11 is 1.63. The molecule has 2 heterocycles. The van der Waals surface area contributed by atoms with Crippen LogP contribution in [0.25, 0.3) is 10.2 Å². The Morgan fingerprint density at radius 2 is 1.94 bits per heavy atom. The molecule has 0 radical (unpaired) electrons. The molecule has 4 aromatic rings. The lowest BCUT2D eigenvalue weighted by molar-refractivity contribution is -0.116. The summed E-state index contributed by atoms with van der Waals surface area (Å²) in [5, 5.41) is 3.70. The van der Waals surface area contributed by atoms with E-state index in [1.54, 1.807) is 11.3 Å². The Labute approximate surface area is 190 Å². The highest BCUT2D eigenvalue weighted by molar-refractivity contribution is 7.18. The number of fused-ring (bicyclic) bond motifs is 3. The number of aromatic nitrogens is 2. The van der Waals surface area contributed by atoms with E-state index >= 15 is 0 Å². The van der Waals surface area contributed by atoms with Crippen molar-refractivity contribution < 1.29 is 4.79 Å². The van der Waals surface area contributed by atoms with Gasteiger partial charge in [-0.2, -0.15) is 0 Å². The number of amides is 1. The van der Waals surface area contributed by atoms with Crippen LogP contribution in [0.2, 0.25) is 0 Å². The topological polar surface area (TPSA) is 64.0 Å². The Balaban J connectivity index is 1.37. The summed E-state index contributed by atoms with van der Waals surface area (Å²) < 4.78 is 1.43. The van der Waals surface area contributed by atoms with Gasteiger partial charge in [0, 0.05) is 10.6 Å². The van der Waals surface area contributed by atoms with Gasteiger partial charge in [0.25, 0.3) is 5.56 Å². The molecule has 0 aliphatic heterocycles. The molecule has 5 rings (SSSR count). The van der Waals surface area contributed by atoms with E-state index in [1.807, 2.05) is 42.5 Å². The van der Waals surface area contributed by atoms with E-state index in [0.717, 1.165) is 47.3 Å². The predicted molar refractivity (Wildman–Crippen MR) is 129 cm³/mol. The van der Waals surface area contributed by atoms with Gasteiger partial charge in [0.1, 0.15) is 11.4 Å². The summed E-state index contributed by atoms with van der Waals surface area (Å²) in [6.45, 7) is 2.20. The first-order valence-electron chi connectivity index (χ1n) is 11.0. The highest BCUT2D eigenvalue weighted by atomic mass is 32.1. The Morgan fingerprint density at radius 3 is 2.78 bits per heavy atom. The second-order valence-corrected chi connectivity index (χ2v) is 9.66. The van der Waals surface area contributed by atoms with E-state index in [4.69, 9.17) is 0 Å². The van der Waals surface area contributed by atoms with Crippen LogP contribution < -0.4 is 10.9 Å². The number of nitrogens with one attached hydrogen (secondary N) is 1. The number of nitrogens with zero attached hydrogens (tertiary/aromatic N) is 2. The van der Waals surface area contributed by atoms with Crippen LogP contribution in [0.4, 0.5) is 5.69 Å². The average molecular weight is 444 g/mol. The normalized spacial score (nSPS) is 15.5. The van der Waals surface area contributed by atoms with Crippen LogP contribution in [-0.2, 0) is 30.6 Å². The minimum Gasteiger partial charge on any atom is -0.324 e. The van der Waals surface area contributed by atoms with Crippen molar-refractivity contribution in [1.29, 1.82) is 0 Å². The molecule has 1 aliphatic rings. The fraction of sp³-hybridized carbons (Fsp3) is 0.269. The SMILES string of the molecule is CC1CCc2c(sc3ncn(CC(=O)Nc4ccccc4Cc4ccccc4)c(=O)c23)C1. The van der Waals surface area contributed by atoms with Gasteiger partial charge in [-0.3, -0.25) is 14.2 Å². The maximum absolute atomic E-state index is 13.2. The molecular formula is C26H25N3O2S. The van der Waals surface area contributed by atoms with Crippen molar-refractivity contribution >= 4 is 33.1 Å². The summed E-state index contributed by atoms with van der Waals surface area (Å²) in [4.78, 5) is 32.6. The number of benzene rings is 2. The molecular weight excluding hydrogens is 418 g/mol. The molecule has 1 aliphatic carbocycles. The highest BCUT2D eigenvalue weighted by Gasteiger charge is 2.23. The van der Waals surface area contributed by atoms with Gasteiger partial charge in [0.2, 0.25) is 5.91 Å². The Morgan fingerprint density at radius 1 is 1.16 bits per heavy atom. The van der Waals surface area contributed by atoms with Crippen LogP contribution in [0.5, 0.6) is 0 Å². The van der Waals surface area contributed by atoms with Crippen molar-refractivity contribution in [3.05, 3.63) is 92.8 Å². The predicted octanol–water partition coefficient (Wildman–Crippen LogP) is 4.81. The molecule has 1 atom stereocenters. The van der Waals surface area contributed by atoms with Gasteiger partial charge in [-0.1, -0.05) is 55.5 Å². The maximum Gasteiger partial charge on any atom is 0.262 e. The van der Waals surface area contributed by atoms with Crippen LogP contribution in [-0.4, -0.2) is 15.5 Å². The molecule has 0 fully saturated rings. The average Bonchev–Trinajstić information content (AvgIpc) is 3.16.